The number of hydrogen-bond acceptors (Lipinski definition) is 11. The summed E-state index contributed by atoms with van der Waals surface area (Å²) in [5, 5.41) is 9.52. The summed E-state index contributed by atoms with van der Waals surface area (Å²) in [7, 11) is -1.04. The molecule has 0 bridgehead atoms. The minimum atomic E-state index is -0.614. The van der Waals surface area contributed by atoms with E-state index in [0.29, 0.717) is 17.1 Å². The first-order valence-corrected chi connectivity index (χ1v) is 31.0. The second-order valence-electron chi connectivity index (χ2n) is 12.3. The number of thiocarbonyl (C=S) groups is 1. The van der Waals surface area contributed by atoms with Gasteiger partial charge in [-0.25, -0.2) is 14.3 Å². The summed E-state index contributed by atoms with van der Waals surface area (Å²) in [6, 6.07) is 11.0. The summed E-state index contributed by atoms with van der Waals surface area (Å²) in [5.74, 6) is 0.716. The van der Waals surface area contributed by atoms with E-state index in [4.69, 9.17) is 41.3 Å². The van der Waals surface area contributed by atoms with Crippen molar-refractivity contribution in [3.8, 4) is 0 Å². The van der Waals surface area contributed by atoms with Crippen LogP contribution in [0.1, 0.15) is 62.3 Å². The van der Waals surface area contributed by atoms with E-state index >= 15 is 0 Å². The van der Waals surface area contributed by atoms with Gasteiger partial charge in [-0.15, -0.1) is 5.10 Å². The number of hydrogen-bond donors (Lipinski definition) is 3. The number of nitrogens with two attached hydrogens (primary N) is 1. The number of aromatic nitrogens is 4. The number of ether oxygens (including phenoxy) is 1. The van der Waals surface area contributed by atoms with Gasteiger partial charge in [-0.2, -0.15) is 4.98 Å². The number of fused-ring (bicyclic) bond motifs is 1. The van der Waals surface area contributed by atoms with E-state index in [1.807, 2.05) is 90.7 Å². The number of nitrogens with zero attached hydrogens (tertiary/aromatic N) is 4. The van der Waals surface area contributed by atoms with Crippen LogP contribution in [0.25, 0.3) is 5.65 Å². The van der Waals surface area contributed by atoms with Gasteiger partial charge in [0.25, 0.3) is 0 Å². The number of carbonyl (C=O) groups excluding carboxylic acids is 1. The molecule has 0 saturated carbocycles. The fourth-order valence-electron chi connectivity index (χ4n) is 4.11. The molecule has 270 valence electrons. The molecule has 3 aromatic heterocycles. The van der Waals surface area contributed by atoms with E-state index in [1.165, 1.54) is 0 Å². The number of rotatable bonds is 4. The molecule has 2 saturated heterocycles. The van der Waals surface area contributed by atoms with Crippen molar-refractivity contribution in [2.24, 2.45) is 0 Å². The average Bonchev–Trinajstić information content (AvgIpc) is 3.55. The third kappa shape index (κ3) is 12.9. The van der Waals surface area contributed by atoms with Gasteiger partial charge in [-0.1, -0.05) is 34.7 Å². The molecular weight excluding hydrogens is 1140 g/mol. The fraction of sp³-hybridized carbons (Fsp3) is 0.536. The van der Waals surface area contributed by atoms with Gasteiger partial charge in [0.1, 0.15) is 5.82 Å². The molecule has 2 fully saturated rings. The van der Waals surface area contributed by atoms with Crippen LogP contribution in [0, 0.1) is 0 Å². The van der Waals surface area contributed by atoms with Crippen molar-refractivity contribution in [3.63, 3.8) is 0 Å². The summed E-state index contributed by atoms with van der Waals surface area (Å²) in [6.45, 7) is 18.0. The maximum atomic E-state index is 11.3. The molecular formula is C28H42B2I4N7O6SV. The van der Waals surface area contributed by atoms with E-state index in [2.05, 4.69) is 108 Å². The number of alkyl halides is 1. The standard InChI is InChI=1S/C15H22BN3O4S.C12H17BN4O2.CH3I.3HI.V/c1-6-21-13(20)19-12(24)18-11-9-7-8-10(17-11)16-22-14(2,3)15(4,5)23-16;1-11(2)12(3,4)19-13(18-11)8-6-5-7-9-15-10(14)16-17(8)9;1-2;;;;/h7-9H,6H2,1-5H3,(H2,17,18,19,20,24);5-7H,1-4H3,(H2,14,16);1H3;3*1H;/q;;;;;;+3/p-3. The molecule has 0 unspecified atom stereocenters. The number of nitrogens with one attached hydrogen (secondary N) is 2. The average molecular weight is 1180 g/mol. The fourth-order valence-corrected chi connectivity index (χ4v) is 4.30. The van der Waals surface area contributed by atoms with Crippen molar-refractivity contribution < 1.29 is 33.1 Å². The zero-order valence-electron chi connectivity index (χ0n) is 29.0. The van der Waals surface area contributed by atoms with Crippen LogP contribution >= 0.6 is 94.7 Å². The molecule has 49 heavy (non-hydrogen) atoms. The molecule has 0 aromatic carbocycles. The van der Waals surface area contributed by atoms with Crippen LogP contribution in [0.15, 0.2) is 36.4 Å². The van der Waals surface area contributed by atoms with Crippen LogP contribution in [-0.2, 0) is 28.3 Å². The van der Waals surface area contributed by atoms with E-state index in [0.717, 1.165) is 5.59 Å². The minimum absolute atomic E-state index is 0.104. The number of halogens is 4. The predicted molar refractivity (Wildman–Crippen MR) is 231 cm³/mol. The quantitative estimate of drug-likeness (QED) is 0.119. The Morgan fingerprint density at radius 1 is 0.898 bits per heavy atom. The summed E-state index contributed by atoms with van der Waals surface area (Å²) < 4.78 is 30.4. The zero-order valence-corrected chi connectivity index (χ0v) is 39.9. The Kier molecular flexibility index (Phi) is 18.1. The zero-order chi connectivity index (χ0) is 37.4. The van der Waals surface area contributed by atoms with Crippen molar-refractivity contribution in [1.29, 1.82) is 0 Å². The molecule has 4 N–H and O–H groups in total. The van der Waals surface area contributed by atoms with Gasteiger partial charge in [-0.05, 0) is 104 Å². The van der Waals surface area contributed by atoms with Crippen molar-refractivity contribution >= 4 is 149 Å². The molecule has 21 heteroatoms. The molecule has 1 amide bonds. The first kappa shape index (κ1) is 45.4. The maximum absolute atomic E-state index is 11.3. The number of alkyl carbamates (subject to hydrolysis) is 1. The monoisotopic (exact) mass is 1180 g/mol. The van der Waals surface area contributed by atoms with Crippen molar-refractivity contribution in [2.75, 3.05) is 22.6 Å². The Morgan fingerprint density at radius 2 is 1.39 bits per heavy atom. The third-order valence-electron chi connectivity index (χ3n) is 7.90. The Balaban J connectivity index is 0.000000298. The molecule has 5 rings (SSSR count). The SMILES string of the molecule is CC1(C)OB(c2cccc3nc(N)nn23)OC1(C)C.CCOC(=O)NC(=S)Nc1cccc(B2OC(C)(C)C(C)(C)O2)n1.CI.[I][V]([I])[I]. The number of amides is 1. The van der Waals surface area contributed by atoms with Crippen LogP contribution in [0.3, 0.4) is 0 Å². The second-order valence-corrected chi connectivity index (χ2v) is 48.1. The number of nitrogen functional groups attached to an aromatic ring is 1. The third-order valence-corrected chi connectivity index (χ3v) is 8.10. The van der Waals surface area contributed by atoms with Crippen LogP contribution in [-0.4, -0.2) is 79.0 Å². The summed E-state index contributed by atoms with van der Waals surface area (Å²) in [5.41, 5.74) is 6.09. The second kappa shape index (κ2) is 19.5. The molecule has 13 nitrogen and oxygen atoms in total. The van der Waals surface area contributed by atoms with Crippen LogP contribution in [0.4, 0.5) is 16.6 Å². The first-order chi connectivity index (χ1) is 22.7. The van der Waals surface area contributed by atoms with Gasteiger partial charge in [0.15, 0.2) is 10.8 Å². The Bertz CT molecular complexity index is 1540. The number of carbonyl (C=O) groups is 1. The van der Waals surface area contributed by atoms with Gasteiger partial charge in [-0.3, -0.25) is 5.32 Å². The normalized spacial score (nSPS) is 17.9. The summed E-state index contributed by atoms with van der Waals surface area (Å²) >= 11 is 14.6. The molecule has 2 aliphatic rings. The van der Waals surface area contributed by atoms with Crippen LogP contribution in [0.2, 0.25) is 0 Å². The molecule has 5 heterocycles. The van der Waals surface area contributed by atoms with Gasteiger partial charge in [0, 0.05) is 0 Å². The predicted octanol–water partition coefficient (Wildman–Crippen LogP) is 6.14. The van der Waals surface area contributed by atoms with E-state index in [9.17, 15) is 4.79 Å². The summed E-state index contributed by atoms with van der Waals surface area (Å²) in [6.07, 6.45) is -0.614. The van der Waals surface area contributed by atoms with Crippen LogP contribution < -0.4 is 27.6 Å². The molecule has 0 spiro atoms. The van der Waals surface area contributed by atoms with E-state index in [1.54, 1.807) is 17.5 Å². The first-order valence-electron chi connectivity index (χ1n) is 14.9. The van der Waals surface area contributed by atoms with Crippen molar-refractivity contribution in [3.05, 3.63) is 36.4 Å². The summed E-state index contributed by atoms with van der Waals surface area (Å²) in [4.78, 5) is 21.6. The molecule has 0 atom stereocenters. The molecule has 2 aliphatic heterocycles. The Morgan fingerprint density at radius 3 is 1.90 bits per heavy atom. The molecule has 3 aromatic rings. The molecule has 0 radical (unpaired) electrons. The van der Waals surface area contributed by atoms with Gasteiger partial charge in [0.2, 0.25) is 5.95 Å². The van der Waals surface area contributed by atoms with Gasteiger partial charge in [0.05, 0.1) is 40.2 Å². The Labute approximate surface area is 346 Å². The van der Waals surface area contributed by atoms with E-state index in [-0.39, 0.29) is 33.8 Å². The number of anilines is 2. The van der Waals surface area contributed by atoms with Crippen LogP contribution in [0.5, 0.6) is 0 Å². The van der Waals surface area contributed by atoms with Gasteiger partial charge >= 0.3 is 85.2 Å². The van der Waals surface area contributed by atoms with Crippen molar-refractivity contribution in [1.82, 2.24) is 24.9 Å². The van der Waals surface area contributed by atoms with E-state index < -0.39 is 31.5 Å². The topological polar surface area (TPSA) is 156 Å². The number of pyridine rings is 2. The van der Waals surface area contributed by atoms with Gasteiger partial charge < -0.3 is 34.4 Å². The Hall–Kier alpha value is 0.204. The van der Waals surface area contributed by atoms with Crippen molar-refractivity contribution in [2.45, 2.75) is 84.7 Å². The molecule has 0 aliphatic carbocycles.